The largest absolute Gasteiger partial charge is 0.394 e. The highest BCUT2D eigenvalue weighted by Gasteiger charge is 2.35. The molecule has 116 valence electrons. The molecule has 1 fully saturated rings. The lowest BCUT2D eigenvalue weighted by molar-refractivity contribution is 0.0837. The average molecular weight is 311 g/mol. The molecular weight excluding hydrogens is 290 g/mol. The van der Waals surface area contributed by atoms with Gasteiger partial charge in [0.25, 0.3) is 5.91 Å². The number of rotatable bonds is 4. The van der Waals surface area contributed by atoms with Crippen LogP contribution in [0, 0.1) is 6.92 Å². The molecule has 1 aromatic carbocycles. The van der Waals surface area contributed by atoms with Crippen LogP contribution in [-0.4, -0.2) is 37.8 Å². The van der Waals surface area contributed by atoms with Gasteiger partial charge in [0, 0.05) is 11.8 Å². The summed E-state index contributed by atoms with van der Waals surface area (Å²) < 4.78 is 23.2. The SMILES string of the molecule is Cc1ccc(S(C)(=O)=O)cc1C(=O)NC1(CO)CCCC1. The summed E-state index contributed by atoms with van der Waals surface area (Å²) in [5.41, 5.74) is 0.494. The van der Waals surface area contributed by atoms with E-state index in [1.54, 1.807) is 13.0 Å². The smallest absolute Gasteiger partial charge is 0.252 e. The molecule has 0 bridgehead atoms. The third-order valence-electron chi connectivity index (χ3n) is 4.12. The molecule has 6 heteroatoms. The Morgan fingerprint density at radius 3 is 2.48 bits per heavy atom. The standard InChI is InChI=1S/C15H21NO4S/c1-11-5-6-12(21(2,19)20)9-13(11)14(18)16-15(10-17)7-3-4-8-15/h5-6,9,17H,3-4,7-8,10H2,1-2H3,(H,16,18). The van der Waals surface area contributed by atoms with Gasteiger partial charge in [-0.3, -0.25) is 4.79 Å². The van der Waals surface area contributed by atoms with Crippen LogP contribution in [0.15, 0.2) is 23.1 Å². The van der Waals surface area contributed by atoms with Crippen molar-refractivity contribution in [2.75, 3.05) is 12.9 Å². The Bertz CT molecular complexity index is 646. The van der Waals surface area contributed by atoms with Gasteiger partial charge in [-0.15, -0.1) is 0 Å². The van der Waals surface area contributed by atoms with Gasteiger partial charge in [-0.2, -0.15) is 0 Å². The summed E-state index contributed by atoms with van der Waals surface area (Å²) in [6.45, 7) is 1.67. The summed E-state index contributed by atoms with van der Waals surface area (Å²) >= 11 is 0. The molecule has 21 heavy (non-hydrogen) atoms. The first-order valence-corrected chi connectivity index (χ1v) is 8.91. The fourth-order valence-electron chi connectivity index (χ4n) is 2.76. The van der Waals surface area contributed by atoms with E-state index in [9.17, 15) is 18.3 Å². The number of aliphatic hydroxyl groups excluding tert-OH is 1. The lowest BCUT2D eigenvalue weighted by atomic mass is 9.97. The van der Waals surface area contributed by atoms with Crippen molar-refractivity contribution in [3.63, 3.8) is 0 Å². The number of aryl methyl sites for hydroxylation is 1. The van der Waals surface area contributed by atoms with E-state index in [1.807, 2.05) is 0 Å². The number of hydrogen-bond donors (Lipinski definition) is 2. The number of benzene rings is 1. The van der Waals surface area contributed by atoms with Crippen molar-refractivity contribution in [2.45, 2.75) is 43.0 Å². The fraction of sp³-hybridized carbons (Fsp3) is 0.533. The highest BCUT2D eigenvalue weighted by Crippen LogP contribution is 2.29. The molecule has 0 aromatic heterocycles. The first-order valence-electron chi connectivity index (χ1n) is 7.01. The van der Waals surface area contributed by atoms with Crippen LogP contribution in [-0.2, 0) is 9.84 Å². The van der Waals surface area contributed by atoms with Crippen molar-refractivity contribution >= 4 is 15.7 Å². The zero-order valence-corrected chi connectivity index (χ0v) is 13.2. The summed E-state index contributed by atoms with van der Waals surface area (Å²) in [7, 11) is -3.35. The second-order valence-electron chi connectivity index (χ2n) is 5.85. The predicted octanol–water partition coefficient (Wildman–Crippen LogP) is 1.43. The topological polar surface area (TPSA) is 83.5 Å². The molecule has 0 radical (unpaired) electrons. The molecule has 0 atom stereocenters. The number of nitrogens with one attached hydrogen (secondary N) is 1. The van der Waals surface area contributed by atoms with E-state index in [-0.39, 0.29) is 17.4 Å². The van der Waals surface area contributed by atoms with Gasteiger partial charge in [0.05, 0.1) is 17.0 Å². The van der Waals surface area contributed by atoms with Crippen LogP contribution in [0.3, 0.4) is 0 Å². The van der Waals surface area contributed by atoms with Crippen molar-refractivity contribution in [3.8, 4) is 0 Å². The van der Waals surface area contributed by atoms with Crippen LogP contribution in [0.5, 0.6) is 0 Å². The summed E-state index contributed by atoms with van der Waals surface area (Å²) in [5, 5.41) is 12.4. The van der Waals surface area contributed by atoms with Crippen molar-refractivity contribution in [2.24, 2.45) is 0 Å². The minimum Gasteiger partial charge on any atom is -0.394 e. The molecule has 1 aromatic rings. The normalized spacial score (nSPS) is 17.7. The summed E-state index contributed by atoms with van der Waals surface area (Å²) in [6.07, 6.45) is 4.57. The molecule has 1 saturated carbocycles. The van der Waals surface area contributed by atoms with Crippen LogP contribution >= 0.6 is 0 Å². The Labute approximate surface area is 125 Å². The lowest BCUT2D eigenvalue weighted by Gasteiger charge is -2.28. The molecule has 0 unspecified atom stereocenters. The molecule has 0 heterocycles. The molecule has 1 aliphatic rings. The Morgan fingerprint density at radius 2 is 1.95 bits per heavy atom. The van der Waals surface area contributed by atoms with E-state index in [4.69, 9.17) is 0 Å². The Balaban J connectivity index is 2.31. The van der Waals surface area contributed by atoms with Gasteiger partial charge in [0.2, 0.25) is 0 Å². The highest BCUT2D eigenvalue weighted by molar-refractivity contribution is 7.90. The van der Waals surface area contributed by atoms with Gasteiger partial charge in [0.1, 0.15) is 0 Å². The van der Waals surface area contributed by atoms with Gasteiger partial charge < -0.3 is 10.4 Å². The molecule has 0 aliphatic heterocycles. The monoisotopic (exact) mass is 311 g/mol. The summed E-state index contributed by atoms with van der Waals surface area (Å²) in [4.78, 5) is 12.6. The number of carbonyl (C=O) groups excluding carboxylic acids is 1. The maximum Gasteiger partial charge on any atom is 0.252 e. The zero-order chi connectivity index (χ0) is 15.7. The molecule has 1 amide bonds. The maximum atomic E-state index is 12.4. The van der Waals surface area contributed by atoms with E-state index in [1.165, 1.54) is 12.1 Å². The van der Waals surface area contributed by atoms with E-state index < -0.39 is 15.4 Å². The van der Waals surface area contributed by atoms with Crippen molar-refractivity contribution in [3.05, 3.63) is 29.3 Å². The van der Waals surface area contributed by atoms with Crippen LogP contribution < -0.4 is 5.32 Å². The van der Waals surface area contributed by atoms with Crippen LogP contribution in [0.2, 0.25) is 0 Å². The number of aliphatic hydroxyl groups is 1. The Kier molecular flexibility index (Phi) is 4.39. The molecule has 1 aliphatic carbocycles. The van der Waals surface area contributed by atoms with E-state index in [0.717, 1.165) is 31.9 Å². The zero-order valence-electron chi connectivity index (χ0n) is 12.3. The molecule has 2 N–H and O–H groups in total. The molecule has 2 rings (SSSR count). The van der Waals surface area contributed by atoms with Crippen LogP contribution in [0.4, 0.5) is 0 Å². The summed E-state index contributed by atoms with van der Waals surface area (Å²) in [6, 6.07) is 4.53. The number of amides is 1. The van der Waals surface area contributed by atoms with Gasteiger partial charge in [0.15, 0.2) is 9.84 Å². The summed E-state index contributed by atoms with van der Waals surface area (Å²) in [5.74, 6) is -0.325. The Hall–Kier alpha value is -1.40. The maximum absolute atomic E-state index is 12.4. The first-order chi connectivity index (χ1) is 9.77. The predicted molar refractivity (Wildman–Crippen MR) is 80.0 cm³/mol. The fourth-order valence-corrected chi connectivity index (χ4v) is 3.41. The third kappa shape index (κ3) is 3.44. The lowest BCUT2D eigenvalue weighted by Crippen LogP contribution is -2.49. The van der Waals surface area contributed by atoms with Gasteiger partial charge in [-0.25, -0.2) is 8.42 Å². The number of carbonyl (C=O) groups is 1. The van der Waals surface area contributed by atoms with Crippen molar-refractivity contribution in [1.82, 2.24) is 5.32 Å². The highest BCUT2D eigenvalue weighted by atomic mass is 32.2. The van der Waals surface area contributed by atoms with Crippen molar-refractivity contribution in [1.29, 1.82) is 0 Å². The molecule has 0 saturated heterocycles. The average Bonchev–Trinajstić information content (AvgIpc) is 2.87. The second-order valence-corrected chi connectivity index (χ2v) is 7.86. The minimum atomic E-state index is -3.35. The van der Waals surface area contributed by atoms with Crippen LogP contribution in [0.25, 0.3) is 0 Å². The molecule has 0 spiro atoms. The van der Waals surface area contributed by atoms with Gasteiger partial charge in [-0.1, -0.05) is 18.9 Å². The van der Waals surface area contributed by atoms with E-state index >= 15 is 0 Å². The van der Waals surface area contributed by atoms with E-state index in [0.29, 0.717) is 11.1 Å². The van der Waals surface area contributed by atoms with E-state index in [2.05, 4.69) is 5.32 Å². The first kappa shape index (κ1) is 16.0. The second kappa shape index (κ2) is 5.77. The molecule has 5 nitrogen and oxygen atoms in total. The number of hydrogen-bond acceptors (Lipinski definition) is 4. The quantitative estimate of drug-likeness (QED) is 0.881. The number of sulfone groups is 1. The van der Waals surface area contributed by atoms with Crippen molar-refractivity contribution < 1.29 is 18.3 Å². The third-order valence-corrected chi connectivity index (χ3v) is 5.23. The molecular formula is C15H21NO4S. The van der Waals surface area contributed by atoms with Crippen LogP contribution in [0.1, 0.15) is 41.6 Å². The van der Waals surface area contributed by atoms with Gasteiger partial charge in [-0.05, 0) is 37.5 Å². The minimum absolute atomic E-state index is 0.0937. The Morgan fingerprint density at radius 1 is 1.33 bits per heavy atom. The van der Waals surface area contributed by atoms with Gasteiger partial charge >= 0.3 is 0 Å².